The van der Waals surface area contributed by atoms with Crippen LogP contribution in [0.5, 0.6) is 0 Å². The van der Waals surface area contributed by atoms with Gasteiger partial charge in [0.15, 0.2) is 0 Å². The highest BCUT2D eigenvalue weighted by Gasteiger charge is 2.06. The maximum atomic E-state index is 11.6. The normalized spacial score (nSPS) is 10.1. The molecule has 0 saturated heterocycles. The van der Waals surface area contributed by atoms with Crippen molar-refractivity contribution >= 4 is 17.3 Å². The molecule has 5 nitrogen and oxygen atoms in total. The van der Waals surface area contributed by atoms with Crippen molar-refractivity contribution in [3.05, 3.63) is 53.9 Å². The van der Waals surface area contributed by atoms with Gasteiger partial charge in [-0.15, -0.1) is 0 Å². The first-order valence-electron chi connectivity index (χ1n) is 7.08. The number of carbonyl (C=O) groups is 1. The van der Waals surface area contributed by atoms with E-state index in [9.17, 15) is 4.79 Å². The van der Waals surface area contributed by atoms with Gasteiger partial charge in [-0.1, -0.05) is 26.0 Å². The number of rotatable bonds is 5. The second-order valence-corrected chi connectivity index (χ2v) is 5.24. The van der Waals surface area contributed by atoms with Gasteiger partial charge in [-0.2, -0.15) is 5.26 Å². The Morgan fingerprint density at radius 3 is 2.41 bits per heavy atom. The zero-order chi connectivity index (χ0) is 15.9. The van der Waals surface area contributed by atoms with Crippen LogP contribution in [0.25, 0.3) is 0 Å². The van der Waals surface area contributed by atoms with Crippen molar-refractivity contribution < 1.29 is 4.79 Å². The van der Waals surface area contributed by atoms with E-state index in [1.165, 1.54) is 0 Å². The second kappa shape index (κ2) is 7.23. The SMILES string of the molecule is CC(C)C(=O)Nc1ccc(CNc2ccc(C#N)nc2)cc1. The van der Waals surface area contributed by atoms with Crippen LogP contribution in [0.2, 0.25) is 0 Å². The number of pyridine rings is 1. The van der Waals surface area contributed by atoms with Gasteiger partial charge in [0.25, 0.3) is 0 Å². The summed E-state index contributed by atoms with van der Waals surface area (Å²) in [6.45, 7) is 4.37. The first-order valence-corrected chi connectivity index (χ1v) is 7.08. The Morgan fingerprint density at radius 2 is 1.86 bits per heavy atom. The second-order valence-electron chi connectivity index (χ2n) is 5.24. The Morgan fingerprint density at radius 1 is 1.18 bits per heavy atom. The minimum atomic E-state index is -0.0368. The lowest BCUT2D eigenvalue weighted by atomic mass is 10.1. The van der Waals surface area contributed by atoms with Crippen LogP contribution in [-0.2, 0) is 11.3 Å². The van der Waals surface area contributed by atoms with E-state index in [1.807, 2.05) is 50.2 Å². The number of aromatic nitrogens is 1. The van der Waals surface area contributed by atoms with Crippen LogP contribution in [0.3, 0.4) is 0 Å². The lowest BCUT2D eigenvalue weighted by Gasteiger charge is -2.09. The molecule has 0 fully saturated rings. The largest absolute Gasteiger partial charge is 0.380 e. The van der Waals surface area contributed by atoms with Crippen LogP contribution >= 0.6 is 0 Å². The summed E-state index contributed by atoms with van der Waals surface area (Å²) in [6.07, 6.45) is 1.63. The molecular formula is C17H18N4O. The third-order valence-electron chi connectivity index (χ3n) is 3.12. The van der Waals surface area contributed by atoms with E-state index in [0.717, 1.165) is 16.9 Å². The summed E-state index contributed by atoms with van der Waals surface area (Å²) in [7, 11) is 0. The van der Waals surface area contributed by atoms with Crippen LogP contribution in [0, 0.1) is 17.2 Å². The smallest absolute Gasteiger partial charge is 0.226 e. The number of nitrogens with one attached hydrogen (secondary N) is 2. The molecule has 0 bridgehead atoms. The van der Waals surface area contributed by atoms with Crippen molar-refractivity contribution in [3.63, 3.8) is 0 Å². The molecule has 0 saturated carbocycles. The molecule has 1 aromatic heterocycles. The monoisotopic (exact) mass is 294 g/mol. The quantitative estimate of drug-likeness (QED) is 0.888. The maximum Gasteiger partial charge on any atom is 0.226 e. The van der Waals surface area contributed by atoms with Crippen LogP contribution in [-0.4, -0.2) is 10.9 Å². The highest BCUT2D eigenvalue weighted by molar-refractivity contribution is 5.92. The lowest BCUT2D eigenvalue weighted by Crippen LogP contribution is -2.17. The Hall–Kier alpha value is -2.87. The molecule has 2 rings (SSSR count). The van der Waals surface area contributed by atoms with E-state index in [0.29, 0.717) is 12.2 Å². The standard InChI is InChI=1S/C17H18N4O/c1-12(2)17(22)21-14-5-3-13(4-6-14)10-19-16-8-7-15(9-18)20-11-16/h3-8,11-12,19H,10H2,1-2H3,(H,21,22). The lowest BCUT2D eigenvalue weighted by molar-refractivity contribution is -0.118. The first-order chi connectivity index (χ1) is 10.6. The summed E-state index contributed by atoms with van der Waals surface area (Å²) < 4.78 is 0. The molecule has 5 heteroatoms. The number of nitriles is 1. The minimum Gasteiger partial charge on any atom is -0.380 e. The summed E-state index contributed by atoms with van der Waals surface area (Å²) in [5.41, 5.74) is 3.14. The Kier molecular flexibility index (Phi) is 5.10. The number of benzene rings is 1. The van der Waals surface area contributed by atoms with E-state index in [4.69, 9.17) is 5.26 Å². The third-order valence-corrected chi connectivity index (χ3v) is 3.12. The van der Waals surface area contributed by atoms with E-state index in [1.54, 1.807) is 12.3 Å². The van der Waals surface area contributed by atoms with E-state index in [2.05, 4.69) is 15.6 Å². The van der Waals surface area contributed by atoms with Gasteiger partial charge in [0.1, 0.15) is 11.8 Å². The molecule has 2 aromatic rings. The van der Waals surface area contributed by atoms with Gasteiger partial charge >= 0.3 is 0 Å². The molecule has 0 aliphatic heterocycles. The van der Waals surface area contributed by atoms with Crippen LogP contribution in [0.15, 0.2) is 42.6 Å². The van der Waals surface area contributed by atoms with Gasteiger partial charge < -0.3 is 10.6 Å². The highest BCUT2D eigenvalue weighted by Crippen LogP contribution is 2.13. The maximum absolute atomic E-state index is 11.6. The molecule has 0 aliphatic rings. The topological polar surface area (TPSA) is 77.8 Å². The van der Waals surface area contributed by atoms with Gasteiger partial charge in [0.2, 0.25) is 5.91 Å². The van der Waals surface area contributed by atoms with Crippen molar-refractivity contribution in [2.24, 2.45) is 5.92 Å². The third kappa shape index (κ3) is 4.32. The van der Waals surface area contributed by atoms with E-state index < -0.39 is 0 Å². The van der Waals surface area contributed by atoms with Gasteiger partial charge in [-0.3, -0.25) is 4.79 Å². The number of anilines is 2. The average molecular weight is 294 g/mol. The Balaban J connectivity index is 1.91. The molecule has 0 spiro atoms. The van der Waals surface area contributed by atoms with E-state index >= 15 is 0 Å². The molecule has 22 heavy (non-hydrogen) atoms. The predicted octanol–water partition coefficient (Wildman–Crippen LogP) is 3.16. The van der Waals surface area contributed by atoms with Gasteiger partial charge in [-0.05, 0) is 29.8 Å². The Bertz CT molecular complexity index is 669. The Labute approximate surface area is 130 Å². The zero-order valence-corrected chi connectivity index (χ0v) is 12.6. The number of hydrogen-bond acceptors (Lipinski definition) is 4. The highest BCUT2D eigenvalue weighted by atomic mass is 16.1. The summed E-state index contributed by atoms with van der Waals surface area (Å²) >= 11 is 0. The van der Waals surface area contributed by atoms with Crippen molar-refractivity contribution in [2.45, 2.75) is 20.4 Å². The van der Waals surface area contributed by atoms with Crippen LogP contribution in [0.1, 0.15) is 25.1 Å². The fourth-order valence-corrected chi connectivity index (χ4v) is 1.76. The summed E-state index contributed by atoms with van der Waals surface area (Å²) in [6, 6.07) is 13.2. The van der Waals surface area contributed by atoms with Gasteiger partial charge in [0.05, 0.1) is 11.9 Å². The van der Waals surface area contributed by atoms with Crippen molar-refractivity contribution in [3.8, 4) is 6.07 Å². The van der Waals surface area contributed by atoms with Crippen LogP contribution < -0.4 is 10.6 Å². The number of hydrogen-bond donors (Lipinski definition) is 2. The fourth-order valence-electron chi connectivity index (χ4n) is 1.76. The molecular weight excluding hydrogens is 276 g/mol. The number of nitrogens with zero attached hydrogens (tertiary/aromatic N) is 2. The molecule has 1 heterocycles. The number of amides is 1. The molecule has 1 aromatic carbocycles. The number of carbonyl (C=O) groups excluding carboxylic acids is 1. The molecule has 0 atom stereocenters. The predicted molar refractivity (Wildman–Crippen MR) is 86.2 cm³/mol. The fraction of sp³-hybridized carbons (Fsp3) is 0.235. The van der Waals surface area contributed by atoms with Crippen molar-refractivity contribution in [2.75, 3.05) is 10.6 Å². The van der Waals surface area contributed by atoms with Crippen molar-refractivity contribution in [1.29, 1.82) is 5.26 Å². The average Bonchev–Trinajstić information content (AvgIpc) is 2.54. The molecule has 1 amide bonds. The van der Waals surface area contributed by atoms with E-state index in [-0.39, 0.29) is 11.8 Å². The molecule has 0 radical (unpaired) electrons. The molecule has 0 aliphatic carbocycles. The summed E-state index contributed by atoms with van der Waals surface area (Å²) in [4.78, 5) is 15.6. The molecule has 0 unspecified atom stereocenters. The molecule has 2 N–H and O–H groups in total. The van der Waals surface area contributed by atoms with Gasteiger partial charge in [0, 0.05) is 18.2 Å². The summed E-state index contributed by atoms with van der Waals surface area (Å²) in [5.74, 6) is -0.0280. The van der Waals surface area contributed by atoms with Gasteiger partial charge in [-0.25, -0.2) is 4.98 Å². The minimum absolute atomic E-state index is 0.00883. The van der Waals surface area contributed by atoms with Crippen LogP contribution in [0.4, 0.5) is 11.4 Å². The first kappa shape index (κ1) is 15.5. The molecule has 112 valence electrons. The zero-order valence-electron chi connectivity index (χ0n) is 12.6. The van der Waals surface area contributed by atoms with Crippen molar-refractivity contribution in [1.82, 2.24) is 4.98 Å². The summed E-state index contributed by atoms with van der Waals surface area (Å²) in [5, 5.41) is 14.8.